The maximum atomic E-state index is 9.90. The predicted octanol–water partition coefficient (Wildman–Crippen LogP) is 1.22. The van der Waals surface area contributed by atoms with E-state index in [-0.39, 0.29) is 22.7 Å². The van der Waals surface area contributed by atoms with Crippen LogP contribution in [0.5, 0.6) is 0 Å². The molecular formula is C12H16O3. The molecule has 1 spiro atoms. The van der Waals surface area contributed by atoms with Gasteiger partial charge in [0.15, 0.2) is 5.79 Å². The van der Waals surface area contributed by atoms with E-state index in [4.69, 9.17) is 9.47 Å². The Kier molecular flexibility index (Phi) is 1.35. The molecule has 3 heteroatoms. The molecule has 1 N–H and O–H groups in total. The van der Waals surface area contributed by atoms with Crippen molar-refractivity contribution in [1.82, 2.24) is 0 Å². The zero-order valence-electron chi connectivity index (χ0n) is 8.74. The molecule has 1 saturated heterocycles. The molecule has 1 aliphatic heterocycles. The van der Waals surface area contributed by atoms with Gasteiger partial charge >= 0.3 is 0 Å². The Morgan fingerprint density at radius 1 is 1.07 bits per heavy atom. The molecule has 0 amide bonds. The Balaban J connectivity index is 1.84. The Morgan fingerprint density at radius 2 is 1.87 bits per heavy atom. The van der Waals surface area contributed by atoms with Crippen LogP contribution in [-0.4, -0.2) is 30.2 Å². The summed E-state index contributed by atoms with van der Waals surface area (Å²) in [6.07, 6.45) is 8.17. The fraction of sp³-hybridized carbons (Fsp3) is 0.833. The number of hydrogen-bond donors (Lipinski definition) is 1. The van der Waals surface area contributed by atoms with Crippen molar-refractivity contribution in [3.8, 4) is 0 Å². The molecule has 4 aliphatic rings. The first-order valence-corrected chi connectivity index (χ1v) is 5.89. The molecule has 3 aliphatic carbocycles. The van der Waals surface area contributed by atoms with Crippen molar-refractivity contribution in [2.75, 3.05) is 13.2 Å². The standard InChI is InChI=1S/C12H16O3/c13-9-7-10-1-3-11(10,8-9)12(4-2-10)14-5-6-15-12/h1,3,9,13H,2,4-8H2/t9-,10+,11+/m0/s1. The summed E-state index contributed by atoms with van der Waals surface area (Å²) < 4.78 is 11.8. The van der Waals surface area contributed by atoms with Gasteiger partial charge < -0.3 is 14.6 Å². The van der Waals surface area contributed by atoms with E-state index in [2.05, 4.69) is 12.2 Å². The van der Waals surface area contributed by atoms with Gasteiger partial charge in [-0.05, 0) is 19.3 Å². The van der Waals surface area contributed by atoms with Crippen LogP contribution in [-0.2, 0) is 9.47 Å². The van der Waals surface area contributed by atoms with Gasteiger partial charge in [0.2, 0.25) is 0 Å². The lowest BCUT2D eigenvalue weighted by Gasteiger charge is -2.50. The molecule has 0 aromatic carbocycles. The molecule has 2 saturated carbocycles. The van der Waals surface area contributed by atoms with Gasteiger partial charge in [0.1, 0.15) is 0 Å². The summed E-state index contributed by atoms with van der Waals surface area (Å²) in [6, 6.07) is 0. The first-order valence-electron chi connectivity index (χ1n) is 5.89. The highest BCUT2D eigenvalue weighted by Gasteiger charge is 2.75. The van der Waals surface area contributed by atoms with Crippen molar-refractivity contribution in [2.24, 2.45) is 10.8 Å². The first kappa shape index (κ1) is 8.74. The summed E-state index contributed by atoms with van der Waals surface area (Å²) in [5.74, 6) is -0.390. The molecule has 0 unspecified atom stereocenters. The molecule has 82 valence electrons. The average molecular weight is 208 g/mol. The molecule has 0 bridgehead atoms. The van der Waals surface area contributed by atoms with Gasteiger partial charge in [-0.3, -0.25) is 0 Å². The van der Waals surface area contributed by atoms with Gasteiger partial charge in [0, 0.05) is 11.8 Å². The fourth-order valence-electron chi connectivity index (χ4n) is 4.44. The van der Waals surface area contributed by atoms with Gasteiger partial charge in [-0.15, -0.1) is 0 Å². The third-order valence-corrected chi connectivity index (χ3v) is 5.07. The molecule has 3 atom stereocenters. The minimum Gasteiger partial charge on any atom is -0.393 e. The monoisotopic (exact) mass is 208 g/mol. The number of rotatable bonds is 0. The SMILES string of the molecule is O[C@H]1C[C@]23C=C[C@]2(C1)C1(CC3)OCCO1. The van der Waals surface area contributed by atoms with Crippen LogP contribution in [0.3, 0.4) is 0 Å². The van der Waals surface area contributed by atoms with Gasteiger partial charge in [-0.1, -0.05) is 12.2 Å². The Morgan fingerprint density at radius 3 is 2.53 bits per heavy atom. The smallest absolute Gasteiger partial charge is 0.178 e. The second-order valence-electron chi connectivity index (χ2n) is 5.47. The van der Waals surface area contributed by atoms with Crippen LogP contribution in [0, 0.1) is 10.8 Å². The quantitative estimate of drug-likeness (QED) is 0.608. The highest BCUT2D eigenvalue weighted by atomic mass is 16.7. The van der Waals surface area contributed by atoms with Gasteiger partial charge in [-0.25, -0.2) is 0 Å². The van der Waals surface area contributed by atoms with Crippen LogP contribution in [0.15, 0.2) is 12.2 Å². The molecular weight excluding hydrogens is 192 g/mol. The van der Waals surface area contributed by atoms with Crippen LogP contribution < -0.4 is 0 Å². The lowest BCUT2D eigenvalue weighted by Crippen LogP contribution is -2.52. The normalized spacial score (nSPS) is 54.3. The second-order valence-corrected chi connectivity index (χ2v) is 5.47. The topological polar surface area (TPSA) is 38.7 Å². The summed E-state index contributed by atoms with van der Waals surface area (Å²) in [6.45, 7) is 1.42. The van der Waals surface area contributed by atoms with E-state index in [0.29, 0.717) is 13.2 Å². The molecule has 1 heterocycles. The van der Waals surface area contributed by atoms with E-state index in [1.165, 1.54) is 0 Å². The molecule has 4 rings (SSSR count). The Bertz CT molecular complexity index is 345. The van der Waals surface area contributed by atoms with E-state index in [1.807, 2.05) is 0 Å². The van der Waals surface area contributed by atoms with Crippen LogP contribution >= 0.6 is 0 Å². The maximum Gasteiger partial charge on any atom is 0.178 e. The van der Waals surface area contributed by atoms with E-state index < -0.39 is 0 Å². The summed E-state index contributed by atoms with van der Waals surface area (Å²) >= 11 is 0. The van der Waals surface area contributed by atoms with E-state index in [1.54, 1.807) is 0 Å². The lowest BCUT2D eigenvalue weighted by atomic mass is 9.58. The van der Waals surface area contributed by atoms with E-state index >= 15 is 0 Å². The number of aliphatic hydroxyl groups excluding tert-OH is 1. The lowest BCUT2D eigenvalue weighted by molar-refractivity contribution is -0.222. The van der Waals surface area contributed by atoms with Crippen molar-refractivity contribution >= 4 is 0 Å². The largest absolute Gasteiger partial charge is 0.393 e. The van der Waals surface area contributed by atoms with Crippen molar-refractivity contribution in [2.45, 2.75) is 37.6 Å². The summed E-state index contributed by atoms with van der Waals surface area (Å²) in [7, 11) is 0. The van der Waals surface area contributed by atoms with Crippen molar-refractivity contribution < 1.29 is 14.6 Å². The molecule has 0 aromatic rings. The third-order valence-electron chi connectivity index (χ3n) is 5.07. The molecule has 3 fully saturated rings. The first-order chi connectivity index (χ1) is 7.22. The molecule has 0 radical (unpaired) electrons. The van der Waals surface area contributed by atoms with Crippen LogP contribution in [0.1, 0.15) is 25.7 Å². The number of allylic oxidation sites excluding steroid dienone is 1. The molecule has 3 nitrogen and oxygen atoms in total. The highest BCUT2D eigenvalue weighted by molar-refractivity contribution is 5.38. The summed E-state index contributed by atoms with van der Waals surface area (Å²) in [5.41, 5.74) is 0.187. The Hall–Kier alpha value is -0.380. The van der Waals surface area contributed by atoms with Crippen LogP contribution in [0.25, 0.3) is 0 Å². The number of aliphatic hydroxyl groups is 1. The van der Waals surface area contributed by atoms with Crippen LogP contribution in [0.2, 0.25) is 0 Å². The molecule has 15 heavy (non-hydrogen) atoms. The van der Waals surface area contributed by atoms with Gasteiger partial charge in [0.05, 0.1) is 24.7 Å². The van der Waals surface area contributed by atoms with Crippen molar-refractivity contribution in [1.29, 1.82) is 0 Å². The van der Waals surface area contributed by atoms with Gasteiger partial charge in [-0.2, -0.15) is 0 Å². The summed E-state index contributed by atoms with van der Waals surface area (Å²) in [4.78, 5) is 0. The summed E-state index contributed by atoms with van der Waals surface area (Å²) in [5, 5.41) is 9.90. The zero-order chi connectivity index (χ0) is 10.1. The average Bonchev–Trinajstić information content (AvgIpc) is 2.76. The minimum atomic E-state index is -0.390. The third kappa shape index (κ3) is 0.718. The highest BCUT2D eigenvalue weighted by Crippen LogP contribution is 2.74. The van der Waals surface area contributed by atoms with Crippen LogP contribution in [0.4, 0.5) is 0 Å². The van der Waals surface area contributed by atoms with Crippen molar-refractivity contribution in [3.63, 3.8) is 0 Å². The predicted molar refractivity (Wildman–Crippen MR) is 53.1 cm³/mol. The second kappa shape index (κ2) is 2.31. The Labute approximate surface area is 89.1 Å². The zero-order valence-corrected chi connectivity index (χ0v) is 8.74. The van der Waals surface area contributed by atoms with Gasteiger partial charge in [0.25, 0.3) is 0 Å². The fourth-order valence-corrected chi connectivity index (χ4v) is 4.44. The molecule has 0 aromatic heterocycles. The minimum absolute atomic E-state index is 0.00405. The number of ether oxygens (including phenoxy) is 2. The van der Waals surface area contributed by atoms with Crippen molar-refractivity contribution in [3.05, 3.63) is 12.2 Å². The van der Waals surface area contributed by atoms with E-state index in [9.17, 15) is 5.11 Å². The number of hydrogen-bond acceptors (Lipinski definition) is 3. The maximum absolute atomic E-state index is 9.90. The van der Waals surface area contributed by atoms with E-state index in [0.717, 1.165) is 25.7 Å².